The normalized spacial score (nSPS) is 11.2. The lowest BCUT2D eigenvalue weighted by atomic mass is 10.3. The second-order valence-electron chi connectivity index (χ2n) is 4.34. The Hall–Kier alpha value is -1.32. The van der Waals surface area contributed by atoms with Crippen LogP contribution in [0.25, 0.3) is 0 Å². The van der Waals surface area contributed by atoms with Gasteiger partial charge in [-0.2, -0.15) is 0 Å². The Balaban J connectivity index is 2.53. The Morgan fingerprint density at radius 3 is 2.36 bits per heavy atom. The van der Waals surface area contributed by atoms with Crippen molar-refractivity contribution in [3.05, 3.63) is 57.1 Å². The molecule has 5 nitrogen and oxygen atoms in total. The fraction of sp³-hybridized carbons (Fsp3) is 0.0714. The molecule has 0 atom stereocenters. The average molecular weight is 452 g/mol. The number of anilines is 1. The SMILES string of the molecule is O=C(O)CN(c1cccc(I)c1)S(=O)(=O)c1ccc(Cl)cc1. The first-order valence-electron chi connectivity index (χ1n) is 6.06. The van der Waals surface area contributed by atoms with Gasteiger partial charge in [-0.25, -0.2) is 8.42 Å². The smallest absolute Gasteiger partial charge is 0.324 e. The van der Waals surface area contributed by atoms with Crippen LogP contribution in [0.15, 0.2) is 53.4 Å². The van der Waals surface area contributed by atoms with Crippen LogP contribution >= 0.6 is 34.2 Å². The molecule has 0 spiro atoms. The van der Waals surface area contributed by atoms with E-state index in [0.29, 0.717) is 10.7 Å². The van der Waals surface area contributed by atoms with Gasteiger partial charge in [0.2, 0.25) is 0 Å². The minimum Gasteiger partial charge on any atom is -0.480 e. The number of nitrogens with zero attached hydrogens (tertiary/aromatic N) is 1. The number of sulfonamides is 1. The first-order chi connectivity index (χ1) is 10.3. The highest BCUT2D eigenvalue weighted by atomic mass is 127. The zero-order chi connectivity index (χ0) is 16.3. The topological polar surface area (TPSA) is 74.7 Å². The molecule has 0 saturated heterocycles. The van der Waals surface area contributed by atoms with Crippen molar-refractivity contribution in [3.8, 4) is 0 Å². The number of hydrogen-bond acceptors (Lipinski definition) is 3. The summed E-state index contributed by atoms with van der Waals surface area (Å²) in [6.07, 6.45) is 0. The number of carbonyl (C=O) groups is 1. The lowest BCUT2D eigenvalue weighted by Gasteiger charge is -2.23. The molecule has 0 aliphatic rings. The minimum atomic E-state index is -3.99. The molecular weight excluding hydrogens is 441 g/mol. The van der Waals surface area contributed by atoms with Crippen LogP contribution in [0.3, 0.4) is 0 Å². The lowest BCUT2D eigenvalue weighted by Crippen LogP contribution is -2.35. The van der Waals surface area contributed by atoms with E-state index in [9.17, 15) is 13.2 Å². The molecule has 8 heteroatoms. The number of aliphatic carboxylic acids is 1. The monoisotopic (exact) mass is 451 g/mol. The third-order valence-electron chi connectivity index (χ3n) is 2.78. The summed E-state index contributed by atoms with van der Waals surface area (Å²) in [6.45, 7) is -0.662. The summed E-state index contributed by atoms with van der Waals surface area (Å²) >= 11 is 7.79. The van der Waals surface area contributed by atoms with Gasteiger partial charge >= 0.3 is 5.97 Å². The number of rotatable bonds is 5. The molecule has 0 unspecified atom stereocenters. The second kappa shape index (κ2) is 6.84. The number of benzene rings is 2. The van der Waals surface area contributed by atoms with E-state index in [0.717, 1.165) is 7.88 Å². The van der Waals surface area contributed by atoms with Gasteiger partial charge in [0.1, 0.15) is 6.54 Å². The van der Waals surface area contributed by atoms with E-state index >= 15 is 0 Å². The summed E-state index contributed by atoms with van der Waals surface area (Å²) in [5.41, 5.74) is 0.296. The van der Waals surface area contributed by atoms with Crippen LogP contribution in [-0.4, -0.2) is 26.0 Å². The Morgan fingerprint density at radius 1 is 1.18 bits per heavy atom. The van der Waals surface area contributed by atoms with Gasteiger partial charge in [0.15, 0.2) is 0 Å². The zero-order valence-electron chi connectivity index (χ0n) is 11.1. The third kappa shape index (κ3) is 3.90. The third-order valence-corrected chi connectivity index (χ3v) is 5.49. The van der Waals surface area contributed by atoms with E-state index in [1.165, 1.54) is 24.3 Å². The molecule has 0 heterocycles. The van der Waals surface area contributed by atoms with Crippen molar-refractivity contribution < 1.29 is 18.3 Å². The first-order valence-corrected chi connectivity index (χ1v) is 8.96. The molecule has 0 fully saturated rings. The van der Waals surface area contributed by atoms with Crippen molar-refractivity contribution in [1.29, 1.82) is 0 Å². The highest BCUT2D eigenvalue weighted by Gasteiger charge is 2.27. The number of halogens is 2. The first kappa shape index (κ1) is 17.0. The quantitative estimate of drug-likeness (QED) is 0.709. The fourth-order valence-corrected chi connectivity index (χ4v) is 3.86. The molecule has 1 N–H and O–H groups in total. The molecule has 2 aromatic rings. The van der Waals surface area contributed by atoms with Crippen molar-refractivity contribution in [2.75, 3.05) is 10.8 Å². The molecule has 116 valence electrons. The van der Waals surface area contributed by atoms with Gasteiger partial charge in [0.05, 0.1) is 10.6 Å². The van der Waals surface area contributed by atoms with Gasteiger partial charge < -0.3 is 5.11 Å². The van der Waals surface area contributed by atoms with Crippen LogP contribution in [0.2, 0.25) is 5.02 Å². The molecule has 0 radical (unpaired) electrons. The number of hydrogen-bond donors (Lipinski definition) is 1. The number of carboxylic acids is 1. The summed E-state index contributed by atoms with van der Waals surface area (Å²) in [4.78, 5) is 11.1. The molecular formula is C14H11ClINO4S. The van der Waals surface area contributed by atoms with Gasteiger partial charge in [0.25, 0.3) is 10.0 Å². The van der Waals surface area contributed by atoms with Crippen LogP contribution in [0.5, 0.6) is 0 Å². The van der Waals surface area contributed by atoms with E-state index in [-0.39, 0.29) is 4.90 Å². The van der Waals surface area contributed by atoms with Crippen molar-refractivity contribution in [1.82, 2.24) is 0 Å². The van der Waals surface area contributed by atoms with Crippen LogP contribution in [-0.2, 0) is 14.8 Å². The van der Waals surface area contributed by atoms with E-state index in [1.807, 2.05) is 22.6 Å². The molecule has 0 aromatic heterocycles. The van der Waals surface area contributed by atoms with Gasteiger partial charge in [-0.15, -0.1) is 0 Å². The van der Waals surface area contributed by atoms with Crippen LogP contribution in [0.4, 0.5) is 5.69 Å². The largest absolute Gasteiger partial charge is 0.480 e. The molecule has 2 aromatic carbocycles. The number of carboxylic acid groups (broad SMARTS) is 1. The van der Waals surface area contributed by atoms with Gasteiger partial charge in [-0.3, -0.25) is 9.10 Å². The summed E-state index contributed by atoms with van der Waals surface area (Å²) in [6, 6.07) is 12.2. The standard InChI is InChI=1S/C14H11ClINO4S/c15-10-4-6-13(7-5-10)22(20,21)17(9-14(18)19)12-3-1-2-11(16)8-12/h1-8H,9H2,(H,18,19). The predicted molar refractivity (Wildman–Crippen MR) is 92.8 cm³/mol. The average Bonchev–Trinajstić information content (AvgIpc) is 2.45. The molecule has 0 aliphatic carbocycles. The van der Waals surface area contributed by atoms with Crippen molar-refractivity contribution in [3.63, 3.8) is 0 Å². The molecule has 0 amide bonds. The molecule has 22 heavy (non-hydrogen) atoms. The summed E-state index contributed by atoms with van der Waals surface area (Å²) in [5, 5.41) is 9.44. The van der Waals surface area contributed by atoms with Gasteiger partial charge in [-0.1, -0.05) is 17.7 Å². The van der Waals surface area contributed by atoms with E-state index in [1.54, 1.807) is 24.3 Å². The van der Waals surface area contributed by atoms with Gasteiger partial charge in [-0.05, 0) is 65.1 Å². The minimum absolute atomic E-state index is 0.0167. The second-order valence-corrected chi connectivity index (χ2v) is 7.88. The predicted octanol–water partition coefficient (Wildman–Crippen LogP) is 3.22. The maximum absolute atomic E-state index is 12.7. The maximum atomic E-state index is 12.7. The lowest BCUT2D eigenvalue weighted by molar-refractivity contribution is -0.135. The van der Waals surface area contributed by atoms with Crippen molar-refractivity contribution in [2.45, 2.75) is 4.90 Å². The van der Waals surface area contributed by atoms with Crippen LogP contribution in [0, 0.1) is 3.57 Å². The van der Waals surface area contributed by atoms with Crippen molar-refractivity contribution in [2.24, 2.45) is 0 Å². The summed E-state index contributed by atoms with van der Waals surface area (Å²) < 4.78 is 27.1. The zero-order valence-corrected chi connectivity index (χ0v) is 14.8. The Morgan fingerprint density at radius 2 is 1.82 bits per heavy atom. The fourth-order valence-electron chi connectivity index (χ4n) is 1.80. The van der Waals surface area contributed by atoms with E-state index in [4.69, 9.17) is 16.7 Å². The molecule has 0 aliphatic heterocycles. The van der Waals surface area contributed by atoms with E-state index < -0.39 is 22.5 Å². The molecule has 0 bridgehead atoms. The van der Waals surface area contributed by atoms with Crippen molar-refractivity contribution >= 4 is 55.9 Å². The Kier molecular flexibility index (Phi) is 5.30. The summed E-state index contributed by atoms with van der Waals surface area (Å²) in [7, 11) is -3.99. The van der Waals surface area contributed by atoms with E-state index in [2.05, 4.69) is 0 Å². The molecule has 2 rings (SSSR count). The van der Waals surface area contributed by atoms with Crippen LogP contribution in [0.1, 0.15) is 0 Å². The highest BCUT2D eigenvalue weighted by molar-refractivity contribution is 14.1. The Labute approximate surface area is 146 Å². The highest BCUT2D eigenvalue weighted by Crippen LogP contribution is 2.25. The Bertz CT molecular complexity index is 793. The van der Waals surface area contributed by atoms with Gasteiger partial charge in [0, 0.05) is 8.59 Å². The van der Waals surface area contributed by atoms with Crippen LogP contribution < -0.4 is 4.31 Å². The summed E-state index contributed by atoms with van der Waals surface area (Å²) in [5.74, 6) is -1.24. The molecule has 0 saturated carbocycles. The maximum Gasteiger partial charge on any atom is 0.324 e.